The van der Waals surface area contributed by atoms with Crippen molar-refractivity contribution in [1.82, 2.24) is 19.9 Å². The summed E-state index contributed by atoms with van der Waals surface area (Å²) >= 11 is 0. The summed E-state index contributed by atoms with van der Waals surface area (Å²) in [7, 11) is 0. The molecule has 1 saturated heterocycles. The van der Waals surface area contributed by atoms with Crippen LogP contribution in [0.4, 0.5) is 16.0 Å². The number of anilines is 2. The van der Waals surface area contributed by atoms with Crippen LogP contribution in [0.1, 0.15) is 20.0 Å². The van der Waals surface area contributed by atoms with E-state index in [-0.39, 0.29) is 7.24 Å². The largest absolute Gasteiger partial charge is 0.389 e. The predicted octanol–water partition coefficient (Wildman–Crippen LogP) is 2.52. The van der Waals surface area contributed by atoms with E-state index in [0.717, 1.165) is 37.3 Å². The Morgan fingerprint density at radius 1 is 1.20 bits per heavy atom. The minimum absolute atomic E-state index is 0. The van der Waals surface area contributed by atoms with Crippen molar-refractivity contribution < 1.29 is 10.9 Å². The molecule has 132 valence electrons. The van der Waals surface area contributed by atoms with Gasteiger partial charge in [-0.2, -0.15) is 4.98 Å². The van der Waals surface area contributed by atoms with E-state index in [1.165, 1.54) is 12.1 Å². The van der Waals surface area contributed by atoms with Gasteiger partial charge in [-0.3, -0.25) is 0 Å². The zero-order valence-electron chi connectivity index (χ0n) is 13.7. The lowest BCUT2D eigenvalue weighted by Crippen LogP contribution is -2.43. The molecule has 0 atom stereocenters. The zero-order chi connectivity index (χ0) is 17.3. The van der Waals surface area contributed by atoms with Crippen molar-refractivity contribution in [2.24, 2.45) is 0 Å². The van der Waals surface area contributed by atoms with Crippen LogP contribution in [0, 0.1) is 5.82 Å². The van der Waals surface area contributed by atoms with Gasteiger partial charge in [-0.1, -0.05) is 6.07 Å². The number of nitrogens with zero attached hydrogens (tertiary/aromatic N) is 3. The Bertz CT molecular complexity index is 877. The van der Waals surface area contributed by atoms with Crippen molar-refractivity contribution in [3.05, 3.63) is 54.0 Å². The van der Waals surface area contributed by atoms with Crippen molar-refractivity contribution in [3.8, 4) is 0 Å². The highest BCUT2D eigenvalue weighted by atomic mass is 19.1. The van der Waals surface area contributed by atoms with Crippen LogP contribution in [-0.2, 0) is 6.42 Å². The van der Waals surface area contributed by atoms with Crippen molar-refractivity contribution in [3.63, 3.8) is 0 Å². The average Bonchev–Trinajstić information content (AvgIpc) is 3.01. The number of rotatable bonds is 4. The number of halogens is 1. The molecule has 3 aromatic rings. The van der Waals surface area contributed by atoms with E-state index >= 15 is 0 Å². The molecule has 0 radical (unpaired) electrons. The van der Waals surface area contributed by atoms with Gasteiger partial charge in [0.2, 0.25) is 5.95 Å². The molecule has 0 amide bonds. The molecule has 4 rings (SSSR count). The summed E-state index contributed by atoms with van der Waals surface area (Å²) in [5, 5.41) is 21.6. The molecule has 0 saturated carbocycles. The molecule has 0 aliphatic carbocycles. The average molecular weight is 343 g/mol. The summed E-state index contributed by atoms with van der Waals surface area (Å²) in [6.45, 7) is 1.64. The first-order chi connectivity index (χ1) is 12.1. The van der Waals surface area contributed by atoms with Crippen molar-refractivity contribution >= 4 is 17.3 Å². The van der Waals surface area contributed by atoms with E-state index in [1.54, 1.807) is 16.6 Å². The van der Waals surface area contributed by atoms with Crippen LogP contribution in [0.25, 0.3) is 5.65 Å². The number of hydrogen-bond donors (Lipinski definition) is 3. The molecular formula is C18H22FN5O. The van der Waals surface area contributed by atoms with Crippen molar-refractivity contribution in [1.29, 1.82) is 0 Å². The van der Waals surface area contributed by atoms with Gasteiger partial charge < -0.3 is 15.7 Å². The summed E-state index contributed by atoms with van der Waals surface area (Å²) in [4.78, 5) is 4.46. The van der Waals surface area contributed by atoms with Gasteiger partial charge in [0.05, 0.1) is 5.60 Å². The Balaban J connectivity index is 0.00000196. The maximum atomic E-state index is 13.0. The van der Waals surface area contributed by atoms with Gasteiger partial charge in [0, 0.05) is 19.2 Å². The number of hydrogen-bond acceptors (Lipinski definition) is 5. The summed E-state index contributed by atoms with van der Waals surface area (Å²) in [5.74, 6) is 0.155. The fraction of sp³-hybridized carbons (Fsp3) is 0.333. The Morgan fingerprint density at radius 2 is 1.96 bits per heavy atom. The van der Waals surface area contributed by atoms with Gasteiger partial charge in [-0.25, -0.2) is 8.91 Å². The van der Waals surface area contributed by atoms with Gasteiger partial charge in [0.1, 0.15) is 5.82 Å². The summed E-state index contributed by atoms with van der Waals surface area (Å²) in [6, 6.07) is 11.8. The second-order valence-electron chi connectivity index (χ2n) is 6.51. The highest BCUT2D eigenvalue weighted by Crippen LogP contribution is 2.24. The predicted molar refractivity (Wildman–Crippen MR) is 95.5 cm³/mol. The van der Waals surface area contributed by atoms with Gasteiger partial charge in [-0.15, -0.1) is 5.10 Å². The first kappa shape index (κ1) is 16.0. The maximum Gasteiger partial charge on any atom is 0.247 e. The number of nitrogens with one attached hydrogen (secondary N) is 2. The van der Waals surface area contributed by atoms with Crippen LogP contribution in [0.2, 0.25) is 0 Å². The second-order valence-corrected chi connectivity index (χ2v) is 6.51. The summed E-state index contributed by atoms with van der Waals surface area (Å²) in [5.41, 5.74) is 1.63. The highest BCUT2D eigenvalue weighted by Gasteiger charge is 2.30. The Hall–Kier alpha value is -2.51. The molecular weight excluding hydrogens is 321 g/mol. The van der Waals surface area contributed by atoms with E-state index in [1.807, 2.05) is 18.2 Å². The Kier molecular flexibility index (Phi) is 4.10. The molecule has 7 heteroatoms. The lowest BCUT2D eigenvalue weighted by molar-refractivity contribution is 0.00961. The second kappa shape index (κ2) is 6.42. The van der Waals surface area contributed by atoms with E-state index in [0.29, 0.717) is 18.0 Å². The molecule has 1 fully saturated rings. The number of aliphatic hydroxyl groups is 1. The molecule has 0 bridgehead atoms. The third kappa shape index (κ3) is 3.47. The van der Waals surface area contributed by atoms with Crippen molar-refractivity contribution in [2.45, 2.75) is 24.9 Å². The molecule has 6 nitrogen and oxygen atoms in total. The van der Waals surface area contributed by atoms with E-state index < -0.39 is 5.60 Å². The number of pyridine rings is 1. The van der Waals surface area contributed by atoms with Crippen LogP contribution in [0.15, 0.2) is 42.5 Å². The van der Waals surface area contributed by atoms with Crippen LogP contribution in [0.3, 0.4) is 0 Å². The topological polar surface area (TPSA) is 74.5 Å². The van der Waals surface area contributed by atoms with E-state index in [9.17, 15) is 9.50 Å². The standard InChI is InChI=1S/C18H20FN5O.H2/c19-13-4-6-14(7-5-13)21-17-22-16-3-1-2-15(24(16)23-17)12-18(25)8-10-20-11-9-18;/h1-7,20,25H,8-12H2,(H,21,23);1H. The normalized spacial score (nSPS) is 16.9. The lowest BCUT2D eigenvalue weighted by Gasteiger charge is -2.32. The Morgan fingerprint density at radius 3 is 2.72 bits per heavy atom. The molecule has 1 aliphatic heterocycles. The Labute approximate surface area is 146 Å². The van der Waals surface area contributed by atoms with Crippen LogP contribution in [-0.4, -0.2) is 38.4 Å². The third-order valence-electron chi connectivity index (χ3n) is 4.58. The van der Waals surface area contributed by atoms with Gasteiger partial charge in [0.25, 0.3) is 0 Å². The van der Waals surface area contributed by atoms with E-state index in [4.69, 9.17) is 0 Å². The van der Waals surface area contributed by atoms with Gasteiger partial charge in [-0.05, 0) is 62.3 Å². The number of benzene rings is 1. The number of fused-ring (bicyclic) bond motifs is 1. The summed E-state index contributed by atoms with van der Waals surface area (Å²) < 4.78 is 14.8. The fourth-order valence-corrected chi connectivity index (χ4v) is 3.21. The molecule has 0 spiro atoms. The first-order valence-electron chi connectivity index (χ1n) is 8.42. The smallest absolute Gasteiger partial charge is 0.247 e. The van der Waals surface area contributed by atoms with Crippen molar-refractivity contribution in [2.75, 3.05) is 18.4 Å². The highest BCUT2D eigenvalue weighted by molar-refractivity contribution is 5.55. The van der Waals surface area contributed by atoms with Crippen LogP contribution in [0.5, 0.6) is 0 Å². The third-order valence-corrected chi connectivity index (χ3v) is 4.58. The number of piperidine rings is 1. The molecule has 1 aliphatic rings. The fourth-order valence-electron chi connectivity index (χ4n) is 3.21. The molecule has 3 N–H and O–H groups in total. The quantitative estimate of drug-likeness (QED) is 0.679. The SMILES string of the molecule is OC1(Cc2cccc3nc(Nc4ccc(F)cc4)nn23)CCNCC1.[HH]. The monoisotopic (exact) mass is 343 g/mol. The molecule has 2 aromatic heterocycles. The maximum absolute atomic E-state index is 13.0. The van der Waals surface area contributed by atoms with Crippen LogP contribution < -0.4 is 10.6 Å². The van der Waals surface area contributed by atoms with Crippen LogP contribution >= 0.6 is 0 Å². The molecule has 0 unspecified atom stereocenters. The number of aromatic nitrogens is 3. The zero-order valence-corrected chi connectivity index (χ0v) is 13.7. The molecule has 25 heavy (non-hydrogen) atoms. The molecule has 3 heterocycles. The minimum Gasteiger partial charge on any atom is -0.389 e. The van der Waals surface area contributed by atoms with Gasteiger partial charge in [0.15, 0.2) is 5.65 Å². The first-order valence-corrected chi connectivity index (χ1v) is 8.42. The molecule has 1 aromatic carbocycles. The summed E-state index contributed by atoms with van der Waals surface area (Å²) in [6.07, 6.45) is 1.98. The minimum atomic E-state index is -0.712. The van der Waals surface area contributed by atoms with Gasteiger partial charge >= 0.3 is 0 Å². The lowest BCUT2D eigenvalue weighted by atomic mass is 9.87. The van der Waals surface area contributed by atoms with E-state index in [2.05, 4.69) is 20.7 Å².